The van der Waals surface area contributed by atoms with Gasteiger partial charge in [-0.05, 0) is 12.1 Å². The number of hydrogen-bond donors (Lipinski definition) is 1. The average Bonchev–Trinajstić information content (AvgIpc) is 3.34. The number of aryl methyl sites for hydroxylation is 1. The van der Waals surface area contributed by atoms with Gasteiger partial charge in [-0.1, -0.05) is 0 Å². The quantitative estimate of drug-likeness (QED) is 0.502. The number of nitrogens with zero attached hydrogens (tertiary/aromatic N) is 6. The predicted octanol–water partition coefficient (Wildman–Crippen LogP) is 2.13. The third-order valence-electron chi connectivity index (χ3n) is 4.61. The Morgan fingerprint density at radius 1 is 1.17 bits per heavy atom. The van der Waals surface area contributed by atoms with Gasteiger partial charge in [0, 0.05) is 57.1 Å². The lowest BCUT2D eigenvalue weighted by atomic mass is 10.3. The maximum atomic E-state index is 12.5. The smallest absolute Gasteiger partial charge is 0.246 e. The zero-order chi connectivity index (χ0) is 21.5. The van der Waals surface area contributed by atoms with Crippen molar-refractivity contribution in [2.45, 2.75) is 4.90 Å². The predicted molar refractivity (Wildman–Crippen MR) is 112 cm³/mol. The van der Waals surface area contributed by atoms with E-state index in [1.165, 1.54) is 27.3 Å². The zero-order valence-electron chi connectivity index (χ0n) is 16.9. The first-order valence-corrected chi connectivity index (χ1v) is 10.4. The highest BCUT2D eigenvalue weighted by Crippen LogP contribution is 2.31. The maximum Gasteiger partial charge on any atom is 0.246 e. The summed E-state index contributed by atoms with van der Waals surface area (Å²) in [4.78, 5) is 8.97. The molecule has 0 fully saturated rings. The van der Waals surface area contributed by atoms with Gasteiger partial charge in [-0.15, -0.1) is 0 Å². The lowest BCUT2D eigenvalue weighted by molar-refractivity contribution is 0.400. The highest BCUT2D eigenvalue weighted by atomic mass is 32.2. The normalized spacial score (nSPS) is 11.9. The summed E-state index contributed by atoms with van der Waals surface area (Å²) in [6.45, 7) is 0. The summed E-state index contributed by atoms with van der Waals surface area (Å²) >= 11 is 0. The van der Waals surface area contributed by atoms with Gasteiger partial charge < -0.3 is 10.1 Å². The highest BCUT2D eigenvalue weighted by molar-refractivity contribution is 7.89. The molecule has 0 amide bonds. The second-order valence-corrected chi connectivity index (χ2v) is 8.91. The van der Waals surface area contributed by atoms with Gasteiger partial charge in [-0.3, -0.25) is 9.08 Å². The van der Waals surface area contributed by atoms with Crippen molar-refractivity contribution in [1.29, 1.82) is 0 Å². The Balaban J connectivity index is 1.72. The van der Waals surface area contributed by atoms with Gasteiger partial charge in [0.1, 0.15) is 10.6 Å². The third-order valence-corrected chi connectivity index (χ3v) is 6.47. The largest absolute Gasteiger partial charge is 0.495 e. The molecule has 0 radical (unpaired) electrons. The van der Waals surface area contributed by atoms with Crippen LogP contribution in [0.5, 0.6) is 5.75 Å². The fourth-order valence-electron chi connectivity index (χ4n) is 3.07. The summed E-state index contributed by atoms with van der Waals surface area (Å²) < 4.78 is 35.1. The first-order chi connectivity index (χ1) is 14.3. The number of sulfonamides is 1. The van der Waals surface area contributed by atoms with Crippen molar-refractivity contribution in [3.63, 3.8) is 0 Å². The Hall–Kier alpha value is -3.44. The molecule has 11 heteroatoms. The molecule has 30 heavy (non-hydrogen) atoms. The van der Waals surface area contributed by atoms with Crippen LogP contribution < -0.4 is 10.1 Å². The van der Waals surface area contributed by atoms with Crippen LogP contribution in [-0.2, 0) is 17.1 Å². The monoisotopic (exact) mass is 427 g/mol. The molecule has 3 heterocycles. The lowest BCUT2D eigenvalue weighted by Crippen LogP contribution is -2.22. The fraction of sp³-hybridized carbons (Fsp3) is 0.211. The van der Waals surface area contributed by atoms with E-state index in [9.17, 15) is 8.42 Å². The van der Waals surface area contributed by atoms with E-state index in [4.69, 9.17) is 4.74 Å². The highest BCUT2D eigenvalue weighted by Gasteiger charge is 2.22. The second kappa shape index (κ2) is 7.43. The minimum absolute atomic E-state index is 0.0893. The number of fused-ring (bicyclic) bond motifs is 1. The van der Waals surface area contributed by atoms with Crippen molar-refractivity contribution >= 4 is 27.2 Å². The molecule has 10 nitrogen and oxygen atoms in total. The molecule has 0 aliphatic heterocycles. The van der Waals surface area contributed by atoms with E-state index in [2.05, 4.69) is 20.4 Å². The molecule has 3 aromatic heterocycles. The molecule has 0 bridgehead atoms. The molecule has 0 aliphatic rings. The number of aromatic nitrogens is 5. The number of benzene rings is 1. The van der Waals surface area contributed by atoms with Crippen molar-refractivity contribution in [1.82, 2.24) is 28.5 Å². The summed E-state index contributed by atoms with van der Waals surface area (Å²) in [7, 11) is 2.61. The van der Waals surface area contributed by atoms with E-state index in [-0.39, 0.29) is 10.6 Å². The molecule has 0 unspecified atom stereocenters. The van der Waals surface area contributed by atoms with Gasteiger partial charge in [0.25, 0.3) is 0 Å². The molecule has 4 rings (SSSR count). The number of imidazole rings is 1. The first kappa shape index (κ1) is 19.9. The van der Waals surface area contributed by atoms with Gasteiger partial charge >= 0.3 is 0 Å². The molecule has 0 spiro atoms. The van der Waals surface area contributed by atoms with Crippen LogP contribution in [0.2, 0.25) is 0 Å². The minimum Gasteiger partial charge on any atom is -0.495 e. The van der Waals surface area contributed by atoms with Gasteiger partial charge in [0.05, 0.1) is 25.2 Å². The van der Waals surface area contributed by atoms with Crippen LogP contribution in [0.15, 0.2) is 54.1 Å². The number of ether oxygens (including phenoxy) is 1. The Kier molecular flexibility index (Phi) is 4.92. The standard InChI is InChI=1S/C19H21N7O3S/c1-24(2)30(27,28)17-6-5-14(9-16(17)29-4)23-18-19-21-11-15(26(19)8-7-20-18)13-10-22-25(3)12-13/h5-12H,1-4H3,(H,20,23). The second-order valence-electron chi connectivity index (χ2n) is 6.79. The molecule has 4 aromatic rings. The maximum absolute atomic E-state index is 12.5. The zero-order valence-corrected chi connectivity index (χ0v) is 17.8. The molecular formula is C19H21N7O3S. The number of anilines is 2. The SMILES string of the molecule is COc1cc(Nc2nccn3c(-c4cnn(C)c4)cnc23)ccc1S(=O)(=O)N(C)C. The number of nitrogens with one attached hydrogen (secondary N) is 1. The van der Waals surface area contributed by atoms with Gasteiger partial charge in [-0.25, -0.2) is 22.7 Å². The van der Waals surface area contributed by atoms with Crippen molar-refractivity contribution in [3.05, 3.63) is 49.2 Å². The molecule has 0 atom stereocenters. The summed E-state index contributed by atoms with van der Waals surface area (Å²) in [5.41, 5.74) is 3.06. The Morgan fingerprint density at radius 3 is 2.63 bits per heavy atom. The number of rotatable bonds is 6. The van der Waals surface area contributed by atoms with Gasteiger partial charge in [0.2, 0.25) is 10.0 Å². The van der Waals surface area contributed by atoms with Crippen LogP contribution in [-0.4, -0.2) is 58.1 Å². The molecular weight excluding hydrogens is 406 g/mol. The van der Waals surface area contributed by atoms with E-state index < -0.39 is 10.0 Å². The average molecular weight is 427 g/mol. The summed E-state index contributed by atoms with van der Waals surface area (Å²) in [6, 6.07) is 4.78. The van der Waals surface area contributed by atoms with Crippen LogP contribution in [0.25, 0.3) is 16.9 Å². The van der Waals surface area contributed by atoms with Crippen LogP contribution in [0, 0.1) is 0 Å². The van der Waals surface area contributed by atoms with E-state index in [1.54, 1.807) is 35.4 Å². The van der Waals surface area contributed by atoms with Crippen molar-refractivity contribution in [2.75, 3.05) is 26.5 Å². The fourth-order valence-corrected chi connectivity index (χ4v) is 4.10. The van der Waals surface area contributed by atoms with Crippen LogP contribution in [0.1, 0.15) is 0 Å². The number of hydrogen-bond acceptors (Lipinski definition) is 7. The van der Waals surface area contributed by atoms with Crippen LogP contribution >= 0.6 is 0 Å². The molecule has 0 saturated carbocycles. The van der Waals surface area contributed by atoms with Crippen molar-refractivity contribution in [3.8, 4) is 17.0 Å². The van der Waals surface area contributed by atoms with E-state index in [0.717, 1.165) is 15.6 Å². The molecule has 156 valence electrons. The van der Waals surface area contributed by atoms with Crippen molar-refractivity contribution < 1.29 is 13.2 Å². The van der Waals surface area contributed by atoms with Crippen LogP contribution in [0.3, 0.4) is 0 Å². The molecule has 0 saturated heterocycles. The molecule has 0 aliphatic carbocycles. The number of methoxy groups -OCH3 is 1. The Morgan fingerprint density at radius 2 is 1.97 bits per heavy atom. The molecule has 1 N–H and O–H groups in total. The van der Waals surface area contributed by atoms with Gasteiger partial charge in [-0.2, -0.15) is 5.10 Å². The topological polar surface area (TPSA) is 107 Å². The third kappa shape index (κ3) is 3.37. The van der Waals surface area contributed by atoms with Crippen LogP contribution in [0.4, 0.5) is 11.5 Å². The Bertz CT molecular complexity index is 1330. The van der Waals surface area contributed by atoms with Crippen molar-refractivity contribution in [2.24, 2.45) is 7.05 Å². The molecule has 1 aromatic carbocycles. The Labute approximate surface area is 173 Å². The van der Waals surface area contributed by atoms with E-state index >= 15 is 0 Å². The first-order valence-electron chi connectivity index (χ1n) is 9.00. The summed E-state index contributed by atoms with van der Waals surface area (Å²) in [5, 5.41) is 7.40. The lowest BCUT2D eigenvalue weighted by Gasteiger charge is -2.16. The van der Waals surface area contributed by atoms with E-state index in [1.807, 2.05) is 23.8 Å². The summed E-state index contributed by atoms with van der Waals surface area (Å²) in [5.74, 6) is 0.762. The minimum atomic E-state index is -3.63. The van der Waals surface area contributed by atoms with Gasteiger partial charge in [0.15, 0.2) is 11.5 Å². The van der Waals surface area contributed by atoms with E-state index in [0.29, 0.717) is 17.2 Å². The summed E-state index contributed by atoms with van der Waals surface area (Å²) in [6.07, 6.45) is 8.92.